The number of hydrogen-bond acceptors (Lipinski definition) is 5. The van der Waals surface area contributed by atoms with Crippen molar-refractivity contribution < 1.29 is 9.90 Å². The third-order valence-corrected chi connectivity index (χ3v) is 3.38. The predicted molar refractivity (Wildman–Crippen MR) is 68.3 cm³/mol. The Morgan fingerprint density at radius 1 is 1.61 bits per heavy atom. The first-order chi connectivity index (χ1) is 8.60. The largest absolute Gasteiger partial charge is 0.394 e. The van der Waals surface area contributed by atoms with Gasteiger partial charge in [0.1, 0.15) is 9.88 Å². The molecule has 96 valence electrons. The van der Waals surface area contributed by atoms with E-state index in [4.69, 9.17) is 5.11 Å². The molecule has 0 aliphatic rings. The number of rotatable bonds is 4. The van der Waals surface area contributed by atoms with Crippen LogP contribution in [0, 0.1) is 0 Å². The Morgan fingerprint density at radius 2 is 2.39 bits per heavy atom. The van der Waals surface area contributed by atoms with E-state index < -0.39 is 0 Å². The van der Waals surface area contributed by atoms with Gasteiger partial charge in [0.25, 0.3) is 5.91 Å². The maximum absolute atomic E-state index is 11.8. The summed E-state index contributed by atoms with van der Waals surface area (Å²) in [5.74, 6) is -0.218. The molecule has 0 aliphatic heterocycles. The third-order valence-electron chi connectivity index (χ3n) is 2.33. The summed E-state index contributed by atoms with van der Waals surface area (Å²) in [6.45, 7) is 1.65. The van der Waals surface area contributed by atoms with Gasteiger partial charge in [0.05, 0.1) is 19.0 Å². The van der Waals surface area contributed by atoms with Crippen molar-refractivity contribution in [2.24, 2.45) is 7.05 Å². The molecule has 2 rings (SSSR count). The van der Waals surface area contributed by atoms with Crippen LogP contribution in [0.5, 0.6) is 0 Å². The van der Waals surface area contributed by atoms with Crippen molar-refractivity contribution in [1.29, 1.82) is 0 Å². The van der Waals surface area contributed by atoms with E-state index in [9.17, 15) is 4.79 Å². The van der Waals surface area contributed by atoms with Gasteiger partial charge in [-0.15, -0.1) is 11.3 Å². The second kappa shape index (κ2) is 5.28. The van der Waals surface area contributed by atoms with Gasteiger partial charge in [0.15, 0.2) is 0 Å². The van der Waals surface area contributed by atoms with Gasteiger partial charge in [-0.3, -0.25) is 9.48 Å². The molecule has 1 amide bonds. The Bertz CT molecular complexity index is 549. The number of nitrogens with zero attached hydrogens (tertiary/aromatic N) is 3. The molecule has 6 nitrogen and oxygen atoms in total. The van der Waals surface area contributed by atoms with E-state index in [0.717, 1.165) is 10.6 Å². The van der Waals surface area contributed by atoms with Crippen LogP contribution < -0.4 is 5.32 Å². The predicted octanol–water partition coefficient (Wildman–Crippen LogP) is 0.654. The highest BCUT2D eigenvalue weighted by molar-refractivity contribution is 7.16. The minimum absolute atomic E-state index is 0.0833. The van der Waals surface area contributed by atoms with E-state index in [1.54, 1.807) is 17.8 Å². The number of carbonyl (C=O) groups excluding carboxylic acids is 1. The standard InChI is InChI=1S/C11H14N4O2S/c1-7(6-16)14-10(17)9-4-12-11(18-9)8-3-13-15(2)5-8/h3-5,7,16H,6H2,1-2H3,(H,14,17). The van der Waals surface area contributed by atoms with Gasteiger partial charge < -0.3 is 10.4 Å². The van der Waals surface area contributed by atoms with Crippen LogP contribution in [0.15, 0.2) is 18.6 Å². The normalized spacial score (nSPS) is 12.4. The number of aliphatic hydroxyl groups is 1. The molecule has 7 heteroatoms. The Balaban J connectivity index is 2.13. The zero-order valence-electron chi connectivity index (χ0n) is 10.1. The molecule has 0 aliphatic carbocycles. The number of aryl methyl sites for hydroxylation is 1. The lowest BCUT2D eigenvalue weighted by Crippen LogP contribution is -2.34. The smallest absolute Gasteiger partial charge is 0.263 e. The van der Waals surface area contributed by atoms with Gasteiger partial charge in [-0.05, 0) is 6.92 Å². The van der Waals surface area contributed by atoms with E-state index in [-0.39, 0.29) is 18.6 Å². The van der Waals surface area contributed by atoms with Gasteiger partial charge >= 0.3 is 0 Å². The second-order valence-electron chi connectivity index (χ2n) is 3.99. The van der Waals surface area contributed by atoms with Crippen molar-refractivity contribution in [3.63, 3.8) is 0 Å². The molecule has 0 radical (unpaired) electrons. The lowest BCUT2D eigenvalue weighted by molar-refractivity contribution is 0.0926. The molecule has 0 aromatic carbocycles. The second-order valence-corrected chi connectivity index (χ2v) is 5.02. The molecular formula is C11H14N4O2S. The van der Waals surface area contributed by atoms with E-state index in [1.807, 2.05) is 13.2 Å². The molecule has 0 saturated carbocycles. The number of thiazole rings is 1. The van der Waals surface area contributed by atoms with Crippen LogP contribution in [-0.4, -0.2) is 38.4 Å². The summed E-state index contributed by atoms with van der Waals surface area (Å²) in [4.78, 5) is 16.5. The van der Waals surface area contributed by atoms with Gasteiger partial charge in [-0.1, -0.05) is 0 Å². The molecular weight excluding hydrogens is 252 g/mol. The molecule has 18 heavy (non-hydrogen) atoms. The van der Waals surface area contributed by atoms with Gasteiger partial charge in [-0.2, -0.15) is 5.10 Å². The number of nitrogens with one attached hydrogen (secondary N) is 1. The average Bonchev–Trinajstić information content (AvgIpc) is 2.96. The van der Waals surface area contributed by atoms with E-state index in [1.165, 1.54) is 17.5 Å². The van der Waals surface area contributed by atoms with Gasteiger partial charge in [0.2, 0.25) is 0 Å². The SMILES string of the molecule is CC(CO)NC(=O)c1cnc(-c2cnn(C)c2)s1. The van der Waals surface area contributed by atoms with Crippen molar-refractivity contribution in [1.82, 2.24) is 20.1 Å². The van der Waals surface area contributed by atoms with Crippen LogP contribution in [0.1, 0.15) is 16.6 Å². The highest BCUT2D eigenvalue weighted by atomic mass is 32.1. The van der Waals surface area contributed by atoms with Crippen molar-refractivity contribution in [3.05, 3.63) is 23.5 Å². The van der Waals surface area contributed by atoms with Crippen LogP contribution in [0.3, 0.4) is 0 Å². The fraction of sp³-hybridized carbons (Fsp3) is 0.364. The van der Waals surface area contributed by atoms with Crippen LogP contribution in [0.25, 0.3) is 10.6 Å². The molecule has 2 N–H and O–H groups in total. The van der Waals surface area contributed by atoms with Crippen LogP contribution in [0.4, 0.5) is 0 Å². The molecule has 1 atom stereocenters. The van der Waals surface area contributed by atoms with Gasteiger partial charge in [-0.25, -0.2) is 4.98 Å². The molecule has 1 unspecified atom stereocenters. The highest BCUT2D eigenvalue weighted by Gasteiger charge is 2.14. The number of carbonyl (C=O) groups is 1. The first-order valence-electron chi connectivity index (χ1n) is 5.46. The van der Waals surface area contributed by atoms with Crippen molar-refractivity contribution in [2.75, 3.05) is 6.61 Å². The quantitative estimate of drug-likeness (QED) is 0.851. The third kappa shape index (κ3) is 2.74. The minimum Gasteiger partial charge on any atom is -0.394 e. The fourth-order valence-electron chi connectivity index (χ4n) is 1.38. The lowest BCUT2D eigenvalue weighted by Gasteiger charge is -2.08. The Hall–Kier alpha value is -1.73. The maximum Gasteiger partial charge on any atom is 0.263 e. The van der Waals surface area contributed by atoms with Crippen molar-refractivity contribution >= 4 is 17.2 Å². The first-order valence-corrected chi connectivity index (χ1v) is 6.28. The Labute approximate surface area is 108 Å². The molecule has 0 bridgehead atoms. The van der Waals surface area contributed by atoms with E-state index >= 15 is 0 Å². The molecule has 2 heterocycles. The van der Waals surface area contributed by atoms with Gasteiger partial charge in [0, 0.05) is 24.8 Å². The molecule has 0 fully saturated rings. The monoisotopic (exact) mass is 266 g/mol. The summed E-state index contributed by atoms with van der Waals surface area (Å²) in [7, 11) is 1.83. The molecule has 2 aromatic heterocycles. The summed E-state index contributed by atoms with van der Waals surface area (Å²) in [5, 5.41) is 16.4. The van der Waals surface area contributed by atoms with Crippen LogP contribution in [0.2, 0.25) is 0 Å². The lowest BCUT2D eigenvalue weighted by atomic mass is 10.3. The average molecular weight is 266 g/mol. The molecule has 2 aromatic rings. The summed E-state index contributed by atoms with van der Waals surface area (Å²) >= 11 is 1.30. The minimum atomic E-state index is -0.263. The number of aliphatic hydroxyl groups excluding tert-OH is 1. The van der Waals surface area contributed by atoms with E-state index in [2.05, 4.69) is 15.4 Å². The zero-order valence-corrected chi connectivity index (χ0v) is 10.9. The summed E-state index contributed by atoms with van der Waals surface area (Å²) in [6, 6.07) is -0.263. The first kappa shape index (κ1) is 12.7. The number of amides is 1. The summed E-state index contributed by atoms with van der Waals surface area (Å²) in [5.41, 5.74) is 0.886. The van der Waals surface area contributed by atoms with E-state index in [0.29, 0.717) is 4.88 Å². The fourth-order valence-corrected chi connectivity index (χ4v) is 2.18. The van der Waals surface area contributed by atoms with Crippen molar-refractivity contribution in [2.45, 2.75) is 13.0 Å². The Kier molecular flexibility index (Phi) is 3.73. The topological polar surface area (TPSA) is 80.0 Å². The number of aromatic nitrogens is 3. The van der Waals surface area contributed by atoms with Crippen LogP contribution >= 0.6 is 11.3 Å². The zero-order chi connectivity index (χ0) is 13.1. The van der Waals surface area contributed by atoms with Crippen molar-refractivity contribution in [3.8, 4) is 10.6 Å². The Morgan fingerprint density at radius 3 is 3.00 bits per heavy atom. The highest BCUT2D eigenvalue weighted by Crippen LogP contribution is 2.24. The summed E-state index contributed by atoms with van der Waals surface area (Å²) in [6.07, 6.45) is 5.08. The summed E-state index contributed by atoms with van der Waals surface area (Å²) < 4.78 is 1.68. The number of hydrogen-bond donors (Lipinski definition) is 2. The van der Waals surface area contributed by atoms with Crippen LogP contribution in [-0.2, 0) is 7.05 Å². The molecule has 0 spiro atoms. The molecule has 0 saturated heterocycles. The maximum atomic E-state index is 11.8.